The van der Waals surface area contributed by atoms with Crippen molar-refractivity contribution in [3.63, 3.8) is 0 Å². The molecular formula is C18H25N3S. The van der Waals surface area contributed by atoms with Crippen LogP contribution in [0.2, 0.25) is 0 Å². The molecule has 1 aromatic heterocycles. The van der Waals surface area contributed by atoms with Crippen molar-refractivity contribution in [3.8, 4) is 0 Å². The number of likely N-dealkylation sites (tertiary alicyclic amines) is 1. The molecule has 1 aliphatic heterocycles. The molecule has 0 aliphatic carbocycles. The predicted molar refractivity (Wildman–Crippen MR) is 94.3 cm³/mol. The average Bonchev–Trinajstić information content (AvgIpc) is 2.97. The van der Waals surface area contributed by atoms with Crippen molar-refractivity contribution in [2.24, 2.45) is 0 Å². The van der Waals surface area contributed by atoms with Gasteiger partial charge in [0.05, 0.1) is 10.7 Å². The number of benzene rings is 1. The highest BCUT2D eigenvalue weighted by atomic mass is 32.1. The second kappa shape index (κ2) is 6.80. The fourth-order valence-corrected chi connectivity index (χ4v) is 4.21. The maximum absolute atomic E-state index is 5.89. The van der Waals surface area contributed by atoms with Gasteiger partial charge in [-0.3, -0.25) is 4.90 Å². The summed E-state index contributed by atoms with van der Waals surface area (Å²) >= 11 is 1.84. The molecule has 0 spiro atoms. The number of thiazole rings is 1. The van der Waals surface area contributed by atoms with Crippen LogP contribution in [0.1, 0.15) is 54.8 Å². The summed E-state index contributed by atoms with van der Waals surface area (Å²) in [6.45, 7) is 7.70. The maximum Gasteiger partial charge on any atom is 0.0972 e. The predicted octanol–water partition coefficient (Wildman–Crippen LogP) is 4.23. The Kier molecular flexibility index (Phi) is 4.79. The van der Waals surface area contributed by atoms with Crippen LogP contribution in [0.15, 0.2) is 29.6 Å². The van der Waals surface area contributed by atoms with Gasteiger partial charge in [0.15, 0.2) is 0 Å². The van der Waals surface area contributed by atoms with Crippen molar-refractivity contribution in [1.29, 1.82) is 0 Å². The van der Waals surface area contributed by atoms with Crippen molar-refractivity contribution in [2.45, 2.75) is 45.1 Å². The number of anilines is 1. The van der Waals surface area contributed by atoms with E-state index in [2.05, 4.69) is 36.3 Å². The summed E-state index contributed by atoms with van der Waals surface area (Å²) in [6.07, 6.45) is 2.52. The summed E-state index contributed by atoms with van der Waals surface area (Å²) in [7, 11) is 0. The van der Waals surface area contributed by atoms with Crippen LogP contribution in [0.5, 0.6) is 0 Å². The molecule has 1 saturated heterocycles. The number of piperidine rings is 1. The minimum Gasteiger partial charge on any atom is -0.399 e. The molecule has 1 aromatic carbocycles. The summed E-state index contributed by atoms with van der Waals surface area (Å²) in [5, 5.41) is 3.55. The molecule has 2 aromatic rings. The molecule has 3 rings (SSSR count). The van der Waals surface area contributed by atoms with E-state index in [1.165, 1.54) is 35.7 Å². The second-order valence-electron chi connectivity index (χ2n) is 6.58. The fourth-order valence-electron chi connectivity index (χ4n) is 3.10. The molecule has 1 unspecified atom stereocenters. The number of aromatic nitrogens is 1. The molecule has 4 heteroatoms. The Morgan fingerprint density at radius 2 is 2.27 bits per heavy atom. The number of hydrogen-bond donors (Lipinski definition) is 1. The Balaban J connectivity index is 1.66. The average molecular weight is 315 g/mol. The van der Waals surface area contributed by atoms with Gasteiger partial charge in [-0.1, -0.05) is 26.0 Å². The summed E-state index contributed by atoms with van der Waals surface area (Å²) in [5.41, 5.74) is 9.29. The Morgan fingerprint density at radius 1 is 1.41 bits per heavy atom. The molecule has 1 fully saturated rings. The molecule has 22 heavy (non-hydrogen) atoms. The zero-order chi connectivity index (χ0) is 15.5. The first-order valence-electron chi connectivity index (χ1n) is 8.14. The highest BCUT2D eigenvalue weighted by molar-refractivity contribution is 7.09. The smallest absolute Gasteiger partial charge is 0.0972 e. The molecule has 0 saturated carbocycles. The Labute approximate surface area is 137 Å². The van der Waals surface area contributed by atoms with Gasteiger partial charge in [0.2, 0.25) is 0 Å². The van der Waals surface area contributed by atoms with Gasteiger partial charge < -0.3 is 5.73 Å². The normalized spacial score (nSPS) is 19.7. The minimum atomic E-state index is 0.525. The second-order valence-corrected chi connectivity index (χ2v) is 7.47. The van der Waals surface area contributed by atoms with Gasteiger partial charge in [0.25, 0.3) is 0 Å². The van der Waals surface area contributed by atoms with Crippen molar-refractivity contribution in [3.05, 3.63) is 45.9 Å². The number of hydrogen-bond acceptors (Lipinski definition) is 4. The van der Waals surface area contributed by atoms with Crippen LogP contribution in [0.25, 0.3) is 0 Å². The summed E-state index contributed by atoms with van der Waals surface area (Å²) < 4.78 is 0. The lowest BCUT2D eigenvalue weighted by molar-refractivity contribution is 0.200. The minimum absolute atomic E-state index is 0.525. The fraction of sp³-hybridized carbons (Fsp3) is 0.500. The molecule has 2 N–H and O–H groups in total. The van der Waals surface area contributed by atoms with Crippen molar-refractivity contribution >= 4 is 17.0 Å². The number of nitrogen functional groups attached to an aromatic ring is 1. The van der Waals surface area contributed by atoms with E-state index in [1.54, 1.807) is 0 Å². The SMILES string of the molecule is CC(C)c1csc(C2CCCN(Cc3cccc(N)c3)C2)n1. The third-order valence-corrected chi connectivity index (χ3v) is 5.37. The van der Waals surface area contributed by atoms with E-state index >= 15 is 0 Å². The van der Waals surface area contributed by atoms with Crippen LogP contribution >= 0.6 is 11.3 Å². The van der Waals surface area contributed by atoms with E-state index in [1.807, 2.05) is 23.5 Å². The van der Waals surface area contributed by atoms with Gasteiger partial charge in [-0.2, -0.15) is 0 Å². The zero-order valence-electron chi connectivity index (χ0n) is 13.5. The topological polar surface area (TPSA) is 42.1 Å². The monoisotopic (exact) mass is 315 g/mol. The first-order valence-corrected chi connectivity index (χ1v) is 9.02. The van der Waals surface area contributed by atoms with Crippen LogP contribution in [0.3, 0.4) is 0 Å². The molecule has 0 amide bonds. The standard InChI is InChI=1S/C18H25N3S/c1-13(2)17-12-22-18(20-17)15-6-4-8-21(11-15)10-14-5-3-7-16(19)9-14/h3,5,7,9,12-13,15H,4,6,8,10-11,19H2,1-2H3. The number of rotatable bonds is 4. The van der Waals surface area contributed by atoms with Crippen LogP contribution in [0, 0.1) is 0 Å². The lowest BCUT2D eigenvalue weighted by atomic mass is 9.98. The third-order valence-electron chi connectivity index (χ3n) is 4.34. The maximum atomic E-state index is 5.89. The van der Waals surface area contributed by atoms with Crippen molar-refractivity contribution in [1.82, 2.24) is 9.88 Å². The van der Waals surface area contributed by atoms with Crippen LogP contribution in [-0.2, 0) is 6.54 Å². The number of nitrogens with two attached hydrogens (primary N) is 1. The van der Waals surface area contributed by atoms with Crippen LogP contribution < -0.4 is 5.73 Å². The van der Waals surface area contributed by atoms with Gasteiger partial charge in [0, 0.05) is 30.1 Å². The molecule has 1 aliphatic rings. The quantitative estimate of drug-likeness (QED) is 0.859. The lowest BCUT2D eigenvalue weighted by Crippen LogP contribution is -2.33. The molecule has 3 nitrogen and oxygen atoms in total. The van der Waals surface area contributed by atoms with E-state index in [9.17, 15) is 0 Å². The van der Waals surface area contributed by atoms with E-state index < -0.39 is 0 Å². The molecular weight excluding hydrogens is 290 g/mol. The highest BCUT2D eigenvalue weighted by Crippen LogP contribution is 2.31. The summed E-state index contributed by atoms with van der Waals surface area (Å²) in [5.74, 6) is 1.12. The largest absolute Gasteiger partial charge is 0.399 e. The number of nitrogens with zero attached hydrogens (tertiary/aromatic N) is 2. The van der Waals surface area contributed by atoms with E-state index in [0.717, 1.165) is 18.8 Å². The molecule has 0 bridgehead atoms. The zero-order valence-corrected chi connectivity index (χ0v) is 14.3. The third kappa shape index (κ3) is 3.68. The molecule has 118 valence electrons. The lowest BCUT2D eigenvalue weighted by Gasteiger charge is -2.31. The first-order chi connectivity index (χ1) is 10.6. The molecule has 1 atom stereocenters. The van der Waals surface area contributed by atoms with E-state index in [-0.39, 0.29) is 0 Å². The van der Waals surface area contributed by atoms with Crippen LogP contribution in [-0.4, -0.2) is 23.0 Å². The van der Waals surface area contributed by atoms with Crippen molar-refractivity contribution in [2.75, 3.05) is 18.8 Å². The Bertz CT molecular complexity index is 620. The van der Waals surface area contributed by atoms with E-state index in [4.69, 9.17) is 10.7 Å². The van der Waals surface area contributed by atoms with Gasteiger partial charge in [-0.25, -0.2) is 4.98 Å². The summed E-state index contributed by atoms with van der Waals surface area (Å²) in [4.78, 5) is 7.40. The van der Waals surface area contributed by atoms with Gasteiger partial charge in [0.1, 0.15) is 0 Å². The Morgan fingerprint density at radius 3 is 3.00 bits per heavy atom. The van der Waals surface area contributed by atoms with E-state index in [0.29, 0.717) is 11.8 Å². The van der Waals surface area contributed by atoms with Gasteiger partial charge >= 0.3 is 0 Å². The first kappa shape index (κ1) is 15.5. The van der Waals surface area contributed by atoms with Crippen LogP contribution in [0.4, 0.5) is 5.69 Å². The van der Waals surface area contributed by atoms with Gasteiger partial charge in [-0.15, -0.1) is 11.3 Å². The highest BCUT2D eigenvalue weighted by Gasteiger charge is 2.24. The van der Waals surface area contributed by atoms with Gasteiger partial charge in [-0.05, 0) is 43.0 Å². The van der Waals surface area contributed by atoms with Crippen molar-refractivity contribution < 1.29 is 0 Å². The Hall–Kier alpha value is -1.39. The summed E-state index contributed by atoms with van der Waals surface area (Å²) in [6, 6.07) is 8.25. The molecule has 0 radical (unpaired) electrons. The molecule has 2 heterocycles.